The molecule has 1 aliphatic heterocycles. The Morgan fingerprint density at radius 1 is 1.21 bits per heavy atom. The maximum atomic E-state index is 14.5. The molecule has 24 heavy (non-hydrogen) atoms. The summed E-state index contributed by atoms with van der Waals surface area (Å²) in [5.74, 6) is -0.809. The first kappa shape index (κ1) is 16.9. The second-order valence-electron chi connectivity index (χ2n) is 6.92. The van der Waals surface area contributed by atoms with Crippen LogP contribution in [-0.4, -0.2) is 36.3 Å². The first-order valence-electron chi connectivity index (χ1n) is 7.82. The summed E-state index contributed by atoms with van der Waals surface area (Å²) in [6, 6.07) is 4.62. The van der Waals surface area contributed by atoms with Gasteiger partial charge in [-0.05, 0) is 45.3 Å². The summed E-state index contributed by atoms with van der Waals surface area (Å²) in [6.07, 6.45) is 1.42. The number of pyridine rings is 1. The minimum atomic E-state index is -0.702. The van der Waals surface area contributed by atoms with Crippen molar-refractivity contribution in [1.82, 2.24) is 10.3 Å². The molecule has 126 valence electrons. The third kappa shape index (κ3) is 2.57. The van der Waals surface area contributed by atoms with Gasteiger partial charge < -0.3 is 14.6 Å². The number of carbonyl (C=O) groups is 1. The minimum Gasteiger partial charge on any atom is -0.399 e. The fourth-order valence-corrected chi connectivity index (χ4v) is 2.68. The molecule has 2 heterocycles. The molecule has 1 aromatic carbocycles. The van der Waals surface area contributed by atoms with Crippen LogP contribution in [0.5, 0.6) is 0 Å². The van der Waals surface area contributed by atoms with E-state index in [1.165, 1.54) is 19.3 Å². The molecule has 0 aliphatic carbocycles. The van der Waals surface area contributed by atoms with Crippen molar-refractivity contribution < 1.29 is 18.5 Å². The van der Waals surface area contributed by atoms with E-state index < -0.39 is 24.1 Å². The van der Waals surface area contributed by atoms with Gasteiger partial charge in [-0.3, -0.25) is 9.78 Å². The smallest absolute Gasteiger partial charge is 0.399 e. The van der Waals surface area contributed by atoms with Gasteiger partial charge in [0.15, 0.2) is 0 Å². The lowest BCUT2D eigenvalue weighted by atomic mass is 9.78. The van der Waals surface area contributed by atoms with Gasteiger partial charge in [-0.1, -0.05) is 6.07 Å². The van der Waals surface area contributed by atoms with Gasteiger partial charge in [-0.2, -0.15) is 0 Å². The van der Waals surface area contributed by atoms with Crippen molar-refractivity contribution in [3.63, 3.8) is 0 Å². The van der Waals surface area contributed by atoms with Crippen LogP contribution in [0.3, 0.4) is 0 Å². The fraction of sp³-hybridized carbons (Fsp3) is 0.412. The third-order valence-corrected chi connectivity index (χ3v) is 4.82. The van der Waals surface area contributed by atoms with Crippen molar-refractivity contribution in [1.29, 1.82) is 0 Å². The van der Waals surface area contributed by atoms with Crippen LogP contribution >= 0.6 is 0 Å². The summed E-state index contributed by atoms with van der Waals surface area (Å²) in [5.41, 5.74) is -0.0171. The lowest BCUT2D eigenvalue weighted by Gasteiger charge is -2.32. The van der Waals surface area contributed by atoms with Crippen LogP contribution in [0.4, 0.5) is 4.39 Å². The summed E-state index contributed by atoms with van der Waals surface area (Å²) in [5, 5.41) is 2.99. The second kappa shape index (κ2) is 5.53. The Balaban J connectivity index is 2.13. The predicted octanol–water partition coefficient (Wildman–Crippen LogP) is 2.03. The van der Waals surface area contributed by atoms with Gasteiger partial charge in [-0.25, -0.2) is 4.39 Å². The van der Waals surface area contributed by atoms with Crippen LogP contribution in [0.1, 0.15) is 38.1 Å². The molecule has 1 fully saturated rings. The molecule has 3 rings (SSSR count). The molecular weight excluding hydrogens is 310 g/mol. The largest absolute Gasteiger partial charge is 0.494 e. The molecule has 0 spiro atoms. The maximum absolute atomic E-state index is 14.5. The number of amides is 1. The van der Waals surface area contributed by atoms with E-state index in [0.29, 0.717) is 16.4 Å². The number of halogens is 1. The van der Waals surface area contributed by atoms with Gasteiger partial charge in [0, 0.05) is 18.6 Å². The lowest BCUT2D eigenvalue weighted by Crippen LogP contribution is -2.41. The Bertz CT molecular complexity index is 807. The molecule has 0 unspecified atom stereocenters. The zero-order chi connectivity index (χ0) is 17.7. The Kier molecular flexibility index (Phi) is 3.88. The van der Waals surface area contributed by atoms with Crippen LogP contribution in [0.15, 0.2) is 24.4 Å². The van der Waals surface area contributed by atoms with E-state index in [1.54, 1.807) is 12.1 Å². The van der Waals surface area contributed by atoms with Gasteiger partial charge in [0.2, 0.25) is 0 Å². The fourth-order valence-electron chi connectivity index (χ4n) is 2.68. The van der Waals surface area contributed by atoms with Gasteiger partial charge in [0.25, 0.3) is 5.91 Å². The molecule has 1 saturated heterocycles. The van der Waals surface area contributed by atoms with E-state index in [9.17, 15) is 9.18 Å². The number of hydrogen-bond donors (Lipinski definition) is 1. The molecule has 0 atom stereocenters. The van der Waals surface area contributed by atoms with Crippen LogP contribution in [0.2, 0.25) is 0 Å². The summed E-state index contributed by atoms with van der Waals surface area (Å²) in [6.45, 7) is 7.73. The normalized spacial score (nSPS) is 18.8. The summed E-state index contributed by atoms with van der Waals surface area (Å²) in [4.78, 5) is 16.1. The van der Waals surface area contributed by atoms with Crippen LogP contribution in [0.25, 0.3) is 10.9 Å². The summed E-state index contributed by atoms with van der Waals surface area (Å²) < 4.78 is 26.5. The maximum Gasteiger partial charge on any atom is 0.494 e. The number of nitrogens with one attached hydrogen (secondary N) is 1. The van der Waals surface area contributed by atoms with Crippen molar-refractivity contribution in [2.45, 2.75) is 38.9 Å². The van der Waals surface area contributed by atoms with E-state index in [4.69, 9.17) is 9.31 Å². The first-order chi connectivity index (χ1) is 11.2. The van der Waals surface area contributed by atoms with Crippen molar-refractivity contribution >= 4 is 29.4 Å². The van der Waals surface area contributed by atoms with Gasteiger partial charge in [0.05, 0.1) is 16.8 Å². The number of aromatic nitrogens is 1. The number of rotatable bonds is 2. The van der Waals surface area contributed by atoms with Crippen molar-refractivity contribution in [3.05, 3.63) is 35.8 Å². The molecule has 7 heteroatoms. The zero-order valence-corrected chi connectivity index (χ0v) is 14.4. The molecular formula is C17H20BFN2O3. The Labute approximate surface area is 140 Å². The molecule has 1 N–H and O–H groups in total. The molecule has 0 radical (unpaired) electrons. The monoisotopic (exact) mass is 330 g/mol. The molecule has 2 aromatic rings. The summed E-state index contributed by atoms with van der Waals surface area (Å²) in [7, 11) is 0.829. The van der Waals surface area contributed by atoms with E-state index in [-0.39, 0.29) is 11.4 Å². The molecule has 5 nitrogen and oxygen atoms in total. The summed E-state index contributed by atoms with van der Waals surface area (Å²) >= 11 is 0. The Hall–Kier alpha value is -1.99. The zero-order valence-electron chi connectivity index (χ0n) is 14.4. The van der Waals surface area contributed by atoms with E-state index in [0.717, 1.165) is 0 Å². The number of nitrogens with zero attached hydrogens (tertiary/aromatic N) is 1. The first-order valence-corrected chi connectivity index (χ1v) is 7.82. The number of benzene rings is 1. The van der Waals surface area contributed by atoms with E-state index >= 15 is 0 Å². The Morgan fingerprint density at radius 3 is 2.42 bits per heavy atom. The van der Waals surface area contributed by atoms with Crippen molar-refractivity contribution in [2.24, 2.45) is 0 Å². The highest BCUT2D eigenvalue weighted by atomic mass is 19.1. The Morgan fingerprint density at radius 2 is 1.83 bits per heavy atom. The minimum absolute atomic E-state index is 0.149. The van der Waals surface area contributed by atoms with Crippen LogP contribution in [-0.2, 0) is 9.31 Å². The highest BCUT2D eigenvalue weighted by Crippen LogP contribution is 2.36. The molecule has 1 amide bonds. The number of fused-ring (bicyclic) bond motifs is 1. The van der Waals surface area contributed by atoms with E-state index in [1.807, 2.05) is 27.7 Å². The van der Waals surface area contributed by atoms with Gasteiger partial charge in [-0.15, -0.1) is 0 Å². The predicted molar refractivity (Wildman–Crippen MR) is 90.8 cm³/mol. The second-order valence-corrected chi connectivity index (χ2v) is 6.92. The van der Waals surface area contributed by atoms with Gasteiger partial charge >= 0.3 is 7.12 Å². The average molecular weight is 330 g/mol. The van der Waals surface area contributed by atoms with Crippen LogP contribution < -0.4 is 10.8 Å². The topological polar surface area (TPSA) is 60.5 Å². The third-order valence-electron chi connectivity index (χ3n) is 4.82. The molecule has 0 bridgehead atoms. The number of carbonyl (C=O) groups excluding carboxylic acids is 1. The molecule has 0 saturated carbocycles. The van der Waals surface area contributed by atoms with Gasteiger partial charge in [0.1, 0.15) is 11.3 Å². The average Bonchev–Trinajstić information content (AvgIpc) is 2.74. The van der Waals surface area contributed by atoms with Crippen molar-refractivity contribution in [3.8, 4) is 0 Å². The highest BCUT2D eigenvalue weighted by Gasteiger charge is 2.51. The standard InChI is InChI=1S/C17H20BFN2O3/c1-16(2)17(3,4)24-18(23-16)10-8-12-11(15(22)20-5)6-7-21-14(12)13(19)9-10/h6-9H,1-5H3,(H,20,22). The highest BCUT2D eigenvalue weighted by molar-refractivity contribution is 6.62. The SMILES string of the molecule is CNC(=O)c1ccnc2c(F)cc(B3OC(C)(C)C(C)(C)O3)cc12. The molecule has 1 aromatic heterocycles. The van der Waals surface area contributed by atoms with Crippen LogP contribution in [0, 0.1) is 5.82 Å². The molecule has 1 aliphatic rings. The van der Waals surface area contributed by atoms with E-state index in [2.05, 4.69) is 10.3 Å². The van der Waals surface area contributed by atoms with Crippen molar-refractivity contribution in [2.75, 3.05) is 7.05 Å². The quantitative estimate of drug-likeness (QED) is 0.856. The number of hydrogen-bond acceptors (Lipinski definition) is 4. The lowest BCUT2D eigenvalue weighted by molar-refractivity contribution is 0.00578.